The molecule has 0 saturated heterocycles. The van der Waals surface area contributed by atoms with Gasteiger partial charge in [0.2, 0.25) is 5.91 Å². The third-order valence-corrected chi connectivity index (χ3v) is 2.82. The number of esters is 1. The first-order valence-electron chi connectivity index (χ1n) is 6.08. The van der Waals surface area contributed by atoms with Gasteiger partial charge in [-0.05, 0) is 35.9 Å². The van der Waals surface area contributed by atoms with Gasteiger partial charge in [0.15, 0.2) is 0 Å². The normalized spacial score (nSPS) is 10.1. The summed E-state index contributed by atoms with van der Waals surface area (Å²) in [7, 11) is 0. The maximum absolute atomic E-state index is 13.3. The van der Waals surface area contributed by atoms with Gasteiger partial charge in [0, 0.05) is 5.56 Å². The van der Waals surface area contributed by atoms with Crippen LogP contribution in [0.15, 0.2) is 42.5 Å². The summed E-state index contributed by atoms with van der Waals surface area (Å²) in [5.41, 5.74) is 11.4. The number of amides is 1. The fourth-order valence-electron chi connectivity index (χ4n) is 1.70. The molecule has 0 spiro atoms. The van der Waals surface area contributed by atoms with Crippen molar-refractivity contribution in [1.82, 2.24) is 0 Å². The molecule has 2 aromatic rings. The van der Waals surface area contributed by atoms with Gasteiger partial charge in [0.05, 0.1) is 11.3 Å². The van der Waals surface area contributed by atoms with Crippen molar-refractivity contribution in [3.63, 3.8) is 0 Å². The van der Waals surface area contributed by atoms with Crippen molar-refractivity contribution in [2.75, 3.05) is 5.73 Å². The topological polar surface area (TPSA) is 95.4 Å². The summed E-state index contributed by atoms with van der Waals surface area (Å²) in [6.07, 6.45) is 0. The van der Waals surface area contributed by atoms with Crippen molar-refractivity contribution < 1.29 is 18.7 Å². The molecule has 0 saturated carbocycles. The Labute approximate surface area is 120 Å². The Hall–Kier alpha value is -2.89. The molecule has 0 radical (unpaired) electrons. The van der Waals surface area contributed by atoms with Gasteiger partial charge in [-0.3, -0.25) is 4.79 Å². The monoisotopic (exact) mass is 288 g/mol. The molecule has 0 aliphatic rings. The van der Waals surface area contributed by atoms with Crippen LogP contribution in [0.3, 0.4) is 0 Å². The van der Waals surface area contributed by atoms with E-state index in [1.807, 2.05) is 0 Å². The molecule has 2 aromatic carbocycles. The Balaban J connectivity index is 2.05. The second kappa shape index (κ2) is 6.04. The highest BCUT2D eigenvalue weighted by Crippen LogP contribution is 2.14. The number of carbonyl (C=O) groups is 2. The minimum atomic E-state index is -0.682. The van der Waals surface area contributed by atoms with Crippen LogP contribution in [0, 0.1) is 5.82 Å². The number of hydrogen-bond acceptors (Lipinski definition) is 4. The van der Waals surface area contributed by atoms with Gasteiger partial charge in [-0.1, -0.05) is 12.1 Å². The molecule has 4 N–H and O–H groups in total. The quantitative estimate of drug-likeness (QED) is 0.663. The van der Waals surface area contributed by atoms with Gasteiger partial charge in [0.25, 0.3) is 0 Å². The maximum Gasteiger partial charge on any atom is 0.338 e. The van der Waals surface area contributed by atoms with Gasteiger partial charge in [0.1, 0.15) is 12.4 Å². The molecule has 5 nitrogen and oxygen atoms in total. The number of carbonyl (C=O) groups excluding carboxylic acids is 2. The second-order valence-corrected chi connectivity index (χ2v) is 4.38. The first-order chi connectivity index (χ1) is 9.97. The van der Waals surface area contributed by atoms with E-state index in [1.165, 1.54) is 18.2 Å². The molecule has 21 heavy (non-hydrogen) atoms. The van der Waals surface area contributed by atoms with Crippen LogP contribution in [0.2, 0.25) is 0 Å². The van der Waals surface area contributed by atoms with Gasteiger partial charge >= 0.3 is 5.97 Å². The Morgan fingerprint density at radius 1 is 1.10 bits per heavy atom. The van der Waals surface area contributed by atoms with Gasteiger partial charge in [-0.25, -0.2) is 9.18 Å². The van der Waals surface area contributed by atoms with E-state index in [0.717, 1.165) is 6.07 Å². The van der Waals surface area contributed by atoms with Gasteiger partial charge in [-0.15, -0.1) is 0 Å². The lowest BCUT2D eigenvalue weighted by Gasteiger charge is -2.06. The van der Waals surface area contributed by atoms with Crippen molar-refractivity contribution in [2.24, 2.45) is 5.73 Å². The maximum atomic E-state index is 13.3. The number of primary amides is 1. The minimum Gasteiger partial charge on any atom is -0.457 e. The highest BCUT2D eigenvalue weighted by atomic mass is 19.1. The first-order valence-corrected chi connectivity index (χ1v) is 6.08. The predicted octanol–water partition coefficient (Wildman–Crippen LogP) is 1.86. The summed E-state index contributed by atoms with van der Waals surface area (Å²) in [5, 5.41) is 0. The van der Waals surface area contributed by atoms with Crippen molar-refractivity contribution in [3.05, 3.63) is 65.0 Å². The molecule has 6 heteroatoms. The van der Waals surface area contributed by atoms with Crippen LogP contribution in [-0.4, -0.2) is 11.9 Å². The largest absolute Gasteiger partial charge is 0.457 e. The molecule has 0 aliphatic heterocycles. The fourth-order valence-corrected chi connectivity index (χ4v) is 1.70. The van der Waals surface area contributed by atoms with Gasteiger partial charge in [-0.2, -0.15) is 0 Å². The third kappa shape index (κ3) is 3.56. The van der Waals surface area contributed by atoms with E-state index in [2.05, 4.69) is 0 Å². The molecule has 0 atom stereocenters. The lowest BCUT2D eigenvalue weighted by atomic mass is 10.1. The molecule has 0 fully saturated rings. The lowest BCUT2D eigenvalue weighted by Crippen LogP contribution is -2.11. The summed E-state index contributed by atoms with van der Waals surface area (Å²) in [6, 6.07) is 10.1. The zero-order valence-corrected chi connectivity index (χ0v) is 11.0. The number of rotatable bonds is 4. The van der Waals surface area contributed by atoms with E-state index in [1.54, 1.807) is 18.2 Å². The van der Waals surface area contributed by atoms with Crippen LogP contribution in [0.5, 0.6) is 0 Å². The van der Waals surface area contributed by atoms with E-state index in [-0.39, 0.29) is 17.9 Å². The van der Waals surface area contributed by atoms with Crippen LogP contribution >= 0.6 is 0 Å². The van der Waals surface area contributed by atoms with E-state index in [4.69, 9.17) is 16.2 Å². The number of nitrogen functional groups attached to an aromatic ring is 1. The van der Waals surface area contributed by atoms with Crippen LogP contribution in [0.25, 0.3) is 0 Å². The smallest absolute Gasteiger partial charge is 0.338 e. The van der Waals surface area contributed by atoms with Crippen molar-refractivity contribution in [3.8, 4) is 0 Å². The highest BCUT2D eigenvalue weighted by Gasteiger charge is 2.10. The van der Waals surface area contributed by atoms with E-state index >= 15 is 0 Å². The van der Waals surface area contributed by atoms with Crippen molar-refractivity contribution in [2.45, 2.75) is 6.61 Å². The number of hydrogen-bond donors (Lipinski definition) is 2. The van der Waals surface area contributed by atoms with Crippen molar-refractivity contribution >= 4 is 17.6 Å². The summed E-state index contributed by atoms with van der Waals surface area (Å²) in [6.45, 7) is -0.0497. The number of halogens is 1. The molecule has 0 aliphatic carbocycles. The zero-order chi connectivity index (χ0) is 15.4. The number of nitrogens with two attached hydrogens (primary N) is 2. The predicted molar refractivity (Wildman–Crippen MR) is 74.9 cm³/mol. The molecular weight excluding hydrogens is 275 g/mol. The molecule has 108 valence electrons. The van der Waals surface area contributed by atoms with E-state index in [9.17, 15) is 14.0 Å². The second-order valence-electron chi connectivity index (χ2n) is 4.38. The van der Waals surface area contributed by atoms with Crippen LogP contribution in [-0.2, 0) is 11.3 Å². The Bertz CT molecular complexity index is 701. The van der Waals surface area contributed by atoms with E-state index < -0.39 is 17.7 Å². The summed E-state index contributed by atoms with van der Waals surface area (Å²) in [4.78, 5) is 22.8. The lowest BCUT2D eigenvalue weighted by molar-refractivity contribution is 0.0472. The molecule has 0 aromatic heterocycles. The standard InChI is InChI=1S/C15H13FN2O3/c16-12-7-11(4-5-13(12)17)15(20)21-8-9-2-1-3-10(6-9)14(18)19/h1-7H,8,17H2,(H2,18,19). The minimum absolute atomic E-state index is 0.0410. The molecule has 2 rings (SSSR count). The van der Waals surface area contributed by atoms with Crippen LogP contribution in [0.4, 0.5) is 10.1 Å². The number of anilines is 1. The molecule has 1 amide bonds. The van der Waals surface area contributed by atoms with Crippen LogP contribution in [0.1, 0.15) is 26.3 Å². The molecule has 0 heterocycles. The average molecular weight is 288 g/mol. The number of benzene rings is 2. The van der Waals surface area contributed by atoms with E-state index in [0.29, 0.717) is 11.1 Å². The van der Waals surface area contributed by atoms with Crippen molar-refractivity contribution in [1.29, 1.82) is 0 Å². The molecule has 0 bridgehead atoms. The number of ether oxygens (including phenoxy) is 1. The SMILES string of the molecule is NC(=O)c1cccc(COC(=O)c2ccc(N)c(F)c2)c1. The highest BCUT2D eigenvalue weighted by molar-refractivity contribution is 5.93. The Morgan fingerprint density at radius 3 is 2.52 bits per heavy atom. The summed E-state index contributed by atoms with van der Waals surface area (Å²) in [5.74, 6) is -1.93. The Kier molecular flexibility index (Phi) is 4.18. The zero-order valence-electron chi connectivity index (χ0n) is 11.0. The first kappa shape index (κ1) is 14.5. The van der Waals surface area contributed by atoms with Gasteiger partial charge < -0.3 is 16.2 Å². The van der Waals surface area contributed by atoms with Crippen LogP contribution < -0.4 is 11.5 Å². The summed E-state index contributed by atoms with van der Waals surface area (Å²) < 4.78 is 18.3. The molecular formula is C15H13FN2O3. The molecule has 0 unspecified atom stereocenters. The third-order valence-electron chi connectivity index (χ3n) is 2.82. The summed E-state index contributed by atoms with van der Waals surface area (Å²) >= 11 is 0. The Morgan fingerprint density at radius 2 is 1.86 bits per heavy atom. The fraction of sp³-hybridized carbons (Fsp3) is 0.0667. The average Bonchev–Trinajstić information content (AvgIpc) is 2.48.